The highest BCUT2D eigenvalue weighted by molar-refractivity contribution is 7.99. The van der Waals surface area contributed by atoms with Gasteiger partial charge in [0.1, 0.15) is 5.01 Å². The summed E-state index contributed by atoms with van der Waals surface area (Å²) in [6.45, 7) is 12.7. The average Bonchev–Trinajstić information content (AvgIpc) is 2.83. The van der Waals surface area contributed by atoms with Crippen molar-refractivity contribution in [1.29, 1.82) is 0 Å². The lowest BCUT2D eigenvalue weighted by molar-refractivity contribution is 0.258. The fraction of sp³-hybridized carbons (Fsp3) is 0.824. The van der Waals surface area contributed by atoms with E-state index in [1.807, 2.05) is 23.1 Å². The zero-order chi connectivity index (χ0) is 15.5. The van der Waals surface area contributed by atoms with Crippen LogP contribution < -0.4 is 5.32 Å². The summed E-state index contributed by atoms with van der Waals surface area (Å²) in [5, 5.41) is 5.79. The minimum atomic E-state index is 0.369. The van der Waals surface area contributed by atoms with Crippen LogP contribution in [-0.2, 0) is 12.2 Å². The molecule has 1 aliphatic rings. The number of nitrogens with zero attached hydrogens (tertiary/aromatic N) is 1. The summed E-state index contributed by atoms with van der Waals surface area (Å²) in [7, 11) is 0. The molecule has 0 saturated carbocycles. The molecule has 2 unspecified atom stereocenters. The van der Waals surface area contributed by atoms with E-state index in [-0.39, 0.29) is 0 Å². The molecule has 1 aliphatic carbocycles. The second kappa shape index (κ2) is 7.47. The predicted octanol–water partition coefficient (Wildman–Crippen LogP) is 5.19. The predicted molar refractivity (Wildman–Crippen MR) is 96.3 cm³/mol. The minimum Gasteiger partial charge on any atom is -0.309 e. The molecule has 2 atom stereocenters. The highest BCUT2D eigenvalue weighted by atomic mass is 32.2. The number of thioether (sulfide) groups is 1. The van der Waals surface area contributed by atoms with Gasteiger partial charge in [0, 0.05) is 21.9 Å². The molecule has 1 heterocycles. The van der Waals surface area contributed by atoms with Crippen LogP contribution in [0.4, 0.5) is 0 Å². The molecule has 1 N–H and O–H groups in total. The number of rotatable bonds is 7. The Morgan fingerprint density at radius 1 is 1.43 bits per heavy atom. The van der Waals surface area contributed by atoms with Crippen LogP contribution in [0.25, 0.3) is 0 Å². The number of hydrogen-bond donors (Lipinski definition) is 1. The molecule has 0 amide bonds. The molecule has 0 spiro atoms. The van der Waals surface area contributed by atoms with E-state index in [1.54, 1.807) is 0 Å². The highest BCUT2D eigenvalue weighted by Crippen LogP contribution is 2.43. The lowest BCUT2D eigenvalue weighted by Crippen LogP contribution is -2.33. The van der Waals surface area contributed by atoms with Crippen LogP contribution in [0.3, 0.4) is 0 Å². The fourth-order valence-electron chi connectivity index (χ4n) is 2.86. The molecule has 4 heteroatoms. The van der Waals surface area contributed by atoms with Crippen LogP contribution in [0, 0.1) is 5.41 Å². The second-order valence-corrected chi connectivity index (χ2v) is 9.54. The van der Waals surface area contributed by atoms with E-state index in [4.69, 9.17) is 4.98 Å². The third-order valence-corrected chi connectivity index (χ3v) is 6.93. The van der Waals surface area contributed by atoms with Gasteiger partial charge in [-0.15, -0.1) is 11.3 Å². The molecule has 1 aromatic rings. The van der Waals surface area contributed by atoms with Gasteiger partial charge in [-0.25, -0.2) is 4.98 Å². The first-order chi connectivity index (χ1) is 9.95. The first kappa shape index (κ1) is 17.3. The van der Waals surface area contributed by atoms with E-state index >= 15 is 0 Å². The maximum atomic E-state index is 4.97. The molecule has 0 aliphatic heterocycles. The molecule has 0 fully saturated rings. The van der Waals surface area contributed by atoms with E-state index in [2.05, 4.69) is 39.9 Å². The van der Waals surface area contributed by atoms with Gasteiger partial charge in [-0.2, -0.15) is 11.8 Å². The van der Waals surface area contributed by atoms with Gasteiger partial charge < -0.3 is 5.32 Å². The van der Waals surface area contributed by atoms with Crippen LogP contribution in [0.5, 0.6) is 0 Å². The average molecular weight is 327 g/mol. The lowest BCUT2D eigenvalue weighted by atomic mass is 9.76. The Kier molecular flexibility index (Phi) is 6.15. The molecule has 21 heavy (non-hydrogen) atoms. The second-order valence-electron chi connectivity index (χ2n) is 7.00. The van der Waals surface area contributed by atoms with Crippen molar-refractivity contribution >= 4 is 23.1 Å². The maximum Gasteiger partial charge on any atom is 0.103 e. The van der Waals surface area contributed by atoms with Crippen LogP contribution in [0.2, 0.25) is 0 Å². The van der Waals surface area contributed by atoms with Gasteiger partial charge in [0.15, 0.2) is 0 Å². The number of thiazole rings is 1. The Bertz CT molecular complexity index is 454. The molecule has 0 radical (unpaired) electrons. The van der Waals surface area contributed by atoms with Crippen molar-refractivity contribution < 1.29 is 0 Å². The van der Waals surface area contributed by atoms with Gasteiger partial charge in [-0.05, 0) is 37.6 Å². The van der Waals surface area contributed by atoms with Crippen LogP contribution in [0.1, 0.15) is 75.5 Å². The number of nitrogens with one attached hydrogen (secondary N) is 1. The van der Waals surface area contributed by atoms with Gasteiger partial charge >= 0.3 is 0 Å². The summed E-state index contributed by atoms with van der Waals surface area (Å²) in [6, 6.07) is 0.517. The van der Waals surface area contributed by atoms with Gasteiger partial charge in [0.05, 0.1) is 5.69 Å². The SMILES string of the molecule is CCCNC1CC(C)(C)Cc2nc(CSC(C)CC)sc21. The van der Waals surface area contributed by atoms with Gasteiger partial charge in [-0.3, -0.25) is 0 Å². The topological polar surface area (TPSA) is 24.9 Å². The Morgan fingerprint density at radius 2 is 2.19 bits per heavy atom. The third kappa shape index (κ3) is 4.70. The fourth-order valence-corrected chi connectivity index (χ4v) is 4.98. The monoisotopic (exact) mass is 326 g/mol. The summed E-state index contributed by atoms with van der Waals surface area (Å²) < 4.78 is 0. The third-order valence-electron chi connectivity index (χ3n) is 4.20. The van der Waals surface area contributed by atoms with Crippen molar-refractivity contribution in [3.8, 4) is 0 Å². The van der Waals surface area contributed by atoms with Crippen molar-refractivity contribution in [3.05, 3.63) is 15.6 Å². The van der Waals surface area contributed by atoms with Gasteiger partial charge in [0.25, 0.3) is 0 Å². The van der Waals surface area contributed by atoms with Gasteiger partial charge in [0.2, 0.25) is 0 Å². The van der Waals surface area contributed by atoms with Crippen molar-refractivity contribution in [2.75, 3.05) is 6.54 Å². The summed E-state index contributed by atoms with van der Waals surface area (Å²) >= 11 is 3.99. The maximum absolute atomic E-state index is 4.97. The zero-order valence-corrected chi connectivity index (χ0v) is 15.8. The van der Waals surface area contributed by atoms with Crippen molar-refractivity contribution in [1.82, 2.24) is 10.3 Å². The number of aromatic nitrogens is 1. The quantitative estimate of drug-likeness (QED) is 0.746. The molecule has 0 bridgehead atoms. The highest BCUT2D eigenvalue weighted by Gasteiger charge is 2.34. The van der Waals surface area contributed by atoms with Crippen LogP contribution in [-0.4, -0.2) is 16.8 Å². The smallest absolute Gasteiger partial charge is 0.103 e. The number of fused-ring (bicyclic) bond motifs is 1. The van der Waals surface area contributed by atoms with Gasteiger partial charge in [-0.1, -0.05) is 34.6 Å². The molecule has 2 rings (SSSR count). The Balaban J connectivity index is 2.11. The van der Waals surface area contributed by atoms with E-state index in [0.29, 0.717) is 11.5 Å². The van der Waals surface area contributed by atoms with Crippen LogP contribution in [0.15, 0.2) is 0 Å². The lowest BCUT2D eigenvalue weighted by Gasteiger charge is -2.34. The molecular formula is C17H30N2S2. The molecule has 2 nitrogen and oxygen atoms in total. The first-order valence-electron chi connectivity index (χ1n) is 8.28. The van der Waals surface area contributed by atoms with Crippen molar-refractivity contribution in [2.45, 2.75) is 77.3 Å². The standard InChI is InChI=1S/C17H30N2S2/c1-6-8-18-13-9-17(4,5)10-14-16(13)21-15(19-14)11-20-12(3)7-2/h12-13,18H,6-11H2,1-5H3. The largest absolute Gasteiger partial charge is 0.309 e. The molecule has 0 aromatic carbocycles. The number of hydrogen-bond acceptors (Lipinski definition) is 4. The first-order valence-corrected chi connectivity index (χ1v) is 10.1. The summed E-state index contributed by atoms with van der Waals surface area (Å²) in [6.07, 6.45) is 4.81. The van der Waals surface area contributed by atoms with Crippen molar-refractivity contribution in [2.24, 2.45) is 5.41 Å². The van der Waals surface area contributed by atoms with E-state index in [9.17, 15) is 0 Å². The van der Waals surface area contributed by atoms with Crippen molar-refractivity contribution in [3.63, 3.8) is 0 Å². The molecule has 1 aromatic heterocycles. The zero-order valence-electron chi connectivity index (χ0n) is 14.2. The van der Waals surface area contributed by atoms with E-state index in [1.165, 1.54) is 34.8 Å². The Hall–Kier alpha value is -0.0600. The Labute approximate surface area is 138 Å². The van der Waals surface area contributed by atoms with Crippen LogP contribution >= 0.6 is 23.1 Å². The Morgan fingerprint density at radius 3 is 2.86 bits per heavy atom. The van der Waals surface area contributed by atoms with E-state index < -0.39 is 0 Å². The summed E-state index contributed by atoms with van der Waals surface area (Å²) in [4.78, 5) is 6.48. The molecule has 120 valence electrons. The summed E-state index contributed by atoms with van der Waals surface area (Å²) in [5.41, 5.74) is 1.73. The summed E-state index contributed by atoms with van der Waals surface area (Å²) in [5.74, 6) is 1.08. The molecular weight excluding hydrogens is 296 g/mol. The van der Waals surface area contributed by atoms with E-state index in [0.717, 1.165) is 24.0 Å². The normalized spacial score (nSPS) is 22.0. The minimum absolute atomic E-state index is 0.369. The molecule has 0 saturated heterocycles.